The number of hydrogen-bond donors (Lipinski definition) is 2. The van der Waals surface area contributed by atoms with Gasteiger partial charge in [-0.15, -0.1) is 0 Å². The Balaban J connectivity index is 3.02. The van der Waals surface area contributed by atoms with Crippen molar-refractivity contribution in [2.45, 2.75) is 57.8 Å². The number of thioether (sulfide) groups is 1. The number of hydrogen-bond acceptors (Lipinski definition) is 6. The topological polar surface area (TPSA) is 62.7 Å². The van der Waals surface area contributed by atoms with Gasteiger partial charge in [0.2, 0.25) is 11.9 Å². The molecular formula is C12H23N5S. The van der Waals surface area contributed by atoms with Crippen molar-refractivity contribution in [2.75, 3.05) is 16.9 Å². The largest absolute Gasteiger partial charge is 0.349 e. The molecule has 0 saturated heterocycles. The Hall–Kier alpha value is -1.04. The Labute approximate surface area is 114 Å². The second-order valence-electron chi connectivity index (χ2n) is 6.22. The van der Waals surface area contributed by atoms with Gasteiger partial charge >= 0.3 is 0 Å². The van der Waals surface area contributed by atoms with Gasteiger partial charge in [-0.25, -0.2) is 0 Å². The van der Waals surface area contributed by atoms with Crippen LogP contribution >= 0.6 is 11.8 Å². The Morgan fingerprint density at radius 1 is 0.778 bits per heavy atom. The van der Waals surface area contributed by atoms with E-state index in [1.807, 2.05) is 6.26 Å². The lowest BCUT2D eigenvalue weighted by Gasteiger charge is -2.23. The van der Waals surface area contributed by atoms with Gasteiger partial charge in [0.1, 0.15) is 0 Å². The molecule has 1 aromatic heterocycles. The minimum Gasteiger partial charge on any atom is -0.349 e. The fourth-order valence-electron chi connectivity index (χ4n) is 1.23. The average molecular weight is 269 g/mol. The fraction of sp³-hybridized carbons (Fsp3) is 0.750. The van der Waals surface area contributed by atoms with E-state index >= 15 is 0 Å². The molecule has 0 fully saturated rings. The molecule has 1 aromatic rings. The lowest BCUT2D eigenvalue weighted by Crippen LogP contribution is -2.30. The van der Waals surface area contributed by atoms with E-state index in [1.165, 1.54) is 11.8 Å². The summed E-state index contributed by atoms with van der Waals surface area (Å²) in [6, 6.07) is 0. The summed E-state index contributed by atoms with van der Waals surface area (Å²) < 4.78 is 0. The molecule has 0 bridgehead atoms. The smallest absolute Gasteiger partial charge is 0.228 e. The van der Waals surface area contributed by atoms with Crippen LogP contribution in [0, 0.1) is 0 Å². The Morgan fingerprint density at radius 2 is 1.17 bits per heavy atom. The van der Waals surface area contributed by atoms with E-state index in [0.29, 0.717) is 17.1 Å². The molecular weight excluding hydrogens is 246 g/mol. The van der Waals surface area contributed by atoms with E-state index in [1.54, 1.807) is 0 Å². The van der Waals surface area contributed by atoms with Gasteiger partial charge in [-0.1, -0.05) is 11.8 Å². The fourth-order valence-corrected chi connectivity index (χ4v) is 1.59. The standard InChI is InChI=1S/C12H23N5S/c1-11(2,3)16-8-13-9(17-12(4,5)6)15-10(14-8)18-7/h1-7H3,(H2,13,14,15,16,17). The van der Waals surface area contributed by atoms with E-state index in [2.05, 4.69) is 67.1 Å². The molecule has 0 atom stereocenters. The lowest BCUT2D eigenvalue weighted by atomic mass is 10.1. The van der Waals surface area contributed by atoms with Crippen molar-refractivity contribution in [1.29, 1.82) is 0 Å². The minimum absolute atomic E-state index is 0.0734. The summed E-state index contributed by atoms with van der Waals surface area (Å²) in [5.41, 5.74) is -0.147. The second kappa shape index (κ2) is 5.30. The van der Waals surface area contributed by atoms with Gasteiger partial charge in [-0.2, -0.15) is 15.0 Å². The zero-order chi connectivity index (χ0) is 14.0. The average Bonchev–Trinajstić information content (AvgIpc) is 2.11. The first kappa shape index (κ1) is 15.0. The van der Waals surface area contributed by atoms with Crippen molar-refractivity contribution < 1.29 is 0 Å². The van der Waals surface area contributed by atoms with E-state index in [-0.39, 0.29) is 11.1 Å². The molecule has 0 radical (unpaired) electrons. The van der Waals surface area contributed by atoms with Crippen LogP contribution in [-0.2, 0) is 0 Å². The zero-order valence-electron chi connectivity index (χ0n) is 12.2. The monoisotopic (exact) mass is 269 g/mol. The van der Waals surface area contributed by atoms with Crippen LogP contribution in [0.3, 0.4) is 0 Å². The molecule has 5 nitrogen and oxygen atoms in total. The summed E-state index contributed by atoms with van der Waals surface area (Å²) in [6.45, 7) is 12.5. The molecule has 18 heavy (non-hydrogen) atoms. The molecule has 0 unspecified atom stereocenters. The van der Waals surface area contributed by atoms with Gasteiger partial charge in [0.15, 0.2) is 5.16 Å². The summed E-state index contributed by atoms with van der Waals surface area (Å²) in [5, 5.41) is 7.24. The van der Waals surface area contributed by atoms with Gasteiger partial charge in [-0.3, -0.25) is 0 Å². The van der Waals surface area contributed by atoms with Crippen molar-refractivity contribution >= 4 is 23.7 Å². The third-order valence-electron chi connectivity index (χ3n) is 1.77. The van der Waals surface area contributed by atoms with Crippen molar-refractivity contribution in [3.8, 4) is 0 Å². The number of nitrogens with zero attached hydrogens (tertiary/aromatic N) is 3. The van der Waals surface area contributed by atoms with E-state index in [4.69, 9.17) is 0 Å². The number of anilines is 2. The van der Waals surface area contributed by atoms with Crippen molar-refractivity contribution in [3.63, 3.8) is 0 Å². The molecule has 0 aliphatic carbocycles. The number of rotatable bonds is 3. The maximum absolute atomic E-state index is 4.39. The normalized spacial score (nSPS) is 12.4. The van der Waals surface area contributed by atoms with Crippen LogP contribution in [0.15, 0.2) is 5.16 Å². The molecule has 0 amide bonds. The molecule has 0 saturated carbocycles. The molecule has 6 heteroatoms. The third-order valence-corrected chi connectivity index (χ3v) is 2.32. The summed E-state index contributed by atoms with van der Waals surface area (Å²) in [7, 11) is 0. The Bertz CT molecular complexity index is 372. The number of nitrogens with one attached hydrogen (secondary N) is 2. The summed E-state index contributed by atoms with van der Waals surface area (Å²) in [6.07, 6.45) is 1.96. The van der Waals surface area contributed by atoms with Crippen molar-refractivity contribution in [2.24, 2.45) is 0 Å². The van der Waals surface area contributed by atoms with Crippen LogP contribution in [0.5, 0.6) is 0 Å². The van der Waals surface area contributed by atoms with Crippen LogP contribution in [0.1, 0.15) is 41.5 Å². The van der Waals surface area contributed by atoms with Crippen molar-refractivity contribution in [3.05, 3.63) is 0 Å². The molecule has 0 aromatic carbocycles. The predicted octanol–water partition coefficient (Wildman–Crippen LogP) is 3.01. The first-order chi connectivity index (χ1) is 8.09. The zero-order valence-corrected chi connectivity index (χ0v) is 13.1. The predicted molar refractivity (Wildman–Crippen MR) is 78.4 cm³/mol. The van der Waals surface area contributed by atoms with Crippen molar-refractivity contribution in [1.82, 2.24) is 15.0 Å². The molecule has 0 aliphatic rings. The second-order valence-corrected chi connectivity index (χ2v) is 6.99. The van der Waals surface area contributed by atoms with Gasteiger partial charge in [0.05, 0.1) is 0 Å². The molecule has 102 valence electrons. The molecule has 2 N–H and O–H groups in total. The first-order valence-corrected chi connectivity index (χ1v) is 7.18. The minimum atomic E-state index is -0.0734. The van der Waals surface area contributed by atoms with Gasteiger partial charge in [0, 0.05) is 11.1 Å². The summed E-state index contributed by atoms with van der Waals surface area (Å²) in [4.78, 5) is 13.1. The molecule has 1 heterocycles. The lowest BCUT2D eigenvalue weighted by molar-refractivity contribution is 0.611. The van der Waals surface area contributed by atoms with Gasteiger partial charge in [-0.05, 0) is 47.8 Å². The highest BCUT2D eigenvalue weighted by molar-refractivity contribution is 7.98. The Kier molecular flexibility index (Phi) is 4.42. The molecule has 0 aliphatic heterocycles. The van der Waals surface area contributed by atoms with Crippen LogP contribution in [0.25, 0.3) is 0 Å². The van der Waals surface area contributed by atoms with E-state index in [9.17, 15) is 0 Å². The molecule has 1 rings (SSSR count). The quantitative estimate of drug-likeness (QED) is 0.822. The van der Waals surface area contributed by atoms with Crippen LogP contribution in [0.4, 0.5) is 11.9 Å². The highest BCUT2D eigenvalue weighted by atomic mass is 32.2. The SMILES string of the molecule is CSc1nc(NC(C)(C)C)nc(NC(C)(C)C)n1. The summed E-state index contributed by atoms with van der Waals surface area (Å²) >= 11 is 1.51. The van der Waals surface area contributed by atoms with Gasteiger partial charge in [0.25, 0.3) is 0 Å². The van der Waals surface area contributed by atoms with Crippen LogP contribution < -0.4 is 10.6 Å². The van der Waals surface area contributed by atoms with Crippen LogP contribution in [-0.4, -0.2) is 32.3 Å². The first-order valence-electron chi connectivity index (χ1n) is 5.95. The number of aromatic nitrogens is 3. The maximum atomic E-state index is 4.39. The third kappa shape index (κ3) is 5.53. The highest BCUT2D eigenvalue weighted by Gasteiger charge is 2.16. The maximum Gasteiger partial charge on any atom is 0.228 e. The van der Waals surface area contributed by atoms with Crippen LogP contribution in [0.2, 0.25) is 0 Å². The van der Waals surface area contributed by atoms with E-state index in [0.717, 1.165) is 0 Å². The van der Waals surface area contributed by atoms with E-state index < -0.39 is 0 Å². The highest BCUT2D eigenvalue weighted by Crippen LogP contribution is 2.18. The molecule has 0 spiro atoms. The van der Waals surface area contributed by atoms with Gasteiger partial charge < -0.3 is 10.6 Å². The Morgan fingerprint density at radius 3 is 1.44 bits per heavy atom. The summed E-state index contributed by atoms with van der Waals surface area (Å²) in [5.74, 6) is 1.21.